The van der Waals surface area contributed by atoms with Crippen LogP contribution in [0.15, 0.2) is 24.3 Å². The molecule has 0 bridgehead atoms. The Morgan fingerprint density at radius 1 is 1.09 bits per heavy atom. The monoisotopic (exact) mass is 461 g/mol. The number of carbonyl (C=O) groups is 3. The number of hydrogen-bond acceptors (Lipinski definition) is 5. The van der Waals surface area contributed by atoms with E-state index in [2.05, 4.69) is 6.08 Å². The fourth-order valence-corrected chi connectivity index (χ4v) is 8.14. The predicted molar refractivity (Wildman–Crippen MR) is 125 cm³/mol. The van der Waals surface area contributed by atoms with Gasteiger partial charge in [-0.15, -0.1) is 11.8 Å². The van der Waals surface area contributed by atoms with Gasteiger partial charge in [-0.25, -0.2) is 0 Å². The molecular formula is C24H35N3O4S. The normalized spacial score (nSPS) is 37.9. The van der Waals surface area contributed by atoms with Gasteiger partial charge in [0.25, 0.3) is 0 Å². The molecule has 1 unspecified atom stereocenters. The highest BCUT2D eigenvalue weighted by Crippen LogP contribution is 2.65. The first-order valence-corrected chi connectivity index (χ1v) is 12.3. The third-order valence-electron chi connectivity index (χ3n) is 7.58. The van der Waals surface area contributed by atoms with Crippen molar-refractivity contribution in [2.75, 3.05) is 26.7 Å². The first-order valence-electron chi connectivity index (χ1n) is 11.5. The van der Waals surface area contributed by atoms with E-state index in [1.165, 1.54) is 0 Å². The fourth-order valence-electron chi connectivity index (χ4n) is 5.99. The molecule has 0 aliphatic carbocycles. The largest absolute Gasteiger partial charge is 0.394 e. The first-order chi connectivity index (χ1) is 14.9. The second-order valence-corrected chi connectivity index (χ2v) is 12.4. The Bertz CT molecular complexity index is 892. The topological polar surface area (TPSA) is 81.2 Å². The van der Waals surface area contributed by atoms with Crippen LogP contribution in [-0.4, -0.2) is 91.4 Å². The number of aliphatic hydroxyl groups excluding tert-OH is 1. The van der Waals surface area contributed by atoms with Gasteiger partial charge in [0.2, 0.25) is 17.7 Å². The Morgan fingerprint density at radius 3 is 2.34 bits per heavy atom. The molecule has 7 nitrogen and oxygen atoms in total. The summed E-state index contributed by atoms with van der Waals surface area (Å²) < 4.78 is -1.44. The van der Waals surface area contributed by atoms with E-state index in [1.54, 1.807) is 28.6 Å². The van der Waals surface area contributed by atoms with Gasteiger partial charge in [0, 0.05) is 30.4 Å². The van der Waals surface area contributed by atoms with Crippen LogP contribution in [0.25, 0.3) is 0 Å². The zero-order valence-corrected chi connectivity index (χ0v) is 20.7. The van der Waals surface area contributed by atoms with Gasteiger partial charge >= 0.3 is 0 Å². The van der Waals surface area contributed by atoms with Crippen molar-refractivity contribution < 1.29 is 19.5 Å². The molecule has 0 aromatic rings. The van der Waals surface area contributed by atoms with Gasteiger partial charge in [-0.3, -0.25) is 14.4 Å². The molecule has 4 heterocycles. The molecule has 6 atom stereocenters. The zero-order chi connectivity index (χ0) is 23.6. The number of fused-ring (bicyclic) bond motifs is 2. The lowest BCUT2D eigenvalue weighted by molar-refractivity contribution is -0.148. The van der Waals surface area contributed by atoms with Gasteiger partial charge in [0.15, 0.2) is 0 Å². The molecule has 4 aliphatic heterocycles. The summed E-state index contributed by atoms with van der Waals surface area (Å²) in [5, 5.41) is 10.1. The molecule has 1 spiro atoms. The Balaban J connectivity index is 1.93. The SMILES string of the molecule is CC[C@@H](CO)N1C(=O)[C@@H]2[C@H]3C(=O)N(C)CC=C[C@@]3(C)S[C@@]23C=CCN(C(C)(C)C)C(=O)C13. The minimum Gasteiger partial charge on any atom is -0.394 e. The molecule has 8 heteroatoms. The number of nitrogens with zero attached hydrogens (tertiary/aromatic N) is 3. The Hall–Kier alpha value is -1.80. The van der Waals surface area contributed by atoms with Crippen LogP contribution in [-0.2, 0) is 14.4 Å². The molecule has 1 N–H and O–H groups in total. The van der Waals surface area contributed by atoms with Gasteiger partial charge in [-0.1, -0.05) is 31.2 Å². The second kappa shape index (κ2) is 7.62. The van der Waals surface area contributed by atoms with Crippen LogP contribution in [0.2, 0.25) is 0 Å². The molecule has 176 valence electrons. The predicted octanol–water partition coefficient (Wildman–Crippen LogP) is 1.67. The lowest BCUT2D eigenvalue weighted by Gasteiger charge is -2.42. The molecule has 2 saturated heterocycles. The molecule has 3 amide bonds. The summed E-state index contributed by atoms with van der Waals surface area (Å²) in [6.45, 7) is 10.7. The molecular weight excluding hydrogens is 426 g/mol. The van der Waals surface area contributed by atoms with Crippen molar-refractivity contribution in [2.45, 2.75) is 68.2 Å². The maximum atomic E-state index is 14.1. The van der Waals surface area contributed by atoms with E-state index >= 15 is 0 Å². The highest BCUT2D eigenvalue weighted by atomic mass is 32.2. The van der Waals surface area contributed by atoms with Crippen molar-refractivity contribution >= 4 is 29.5 Å². The van der Waals surface area contributed by atoms with Crippen LogP contribution < -0.4 is 0 Å². The summed E-state index contributed by atoms with van der Waals surface area (Å²) in [6, 6.07) is -1.22. The van der Waals surface area contributed by atoms with Crippen LogP contribution in [0.4, 0.5) is 0 Å². The van der Waals surface area contributed by atoms with Crippen LogP contribution in [0, 0.1) is 11.8 Å². The van der Waals surface area contributed by atoms with E-state index in [4.69, 9.17) is 0 Å². The van der Waals surface area contributed by atoms with E-state index in [9.17, 15) is 19.5 Å². The van der Waals surface area contributed by atoms with Crippen molar-refractivity contribution in [1.29, 1.82) is 0 Å². The minimum absolute atomic E-state index is 0.0596. The van der Waals surface area contributed by atoms with E-state index < -0.39 is 39.0 Å². The van der Waals surface area contributed by atoms with Gasteiger partial charge in [-0.2, -0.15) is 0 Å². The van der Waals surface area contributed by atoms with Crippen LogP contribution >= 0.6 is 11.8 Å². The van der Waals surface area contributed by atoms with E-state index in [1.807, 2.05) is 57.7 Å². The fraction of sp³-hybridized carbons (Fsp3) is 0.708. The number of thioether (sulfide) groups is 1. The van der Waals surface area contributed by atoms with Gasteiger partial charge in [0.1, 0.15) is 6.04 Å². The number of carbonyl (C=O) groups excluding carboxylic acids is 3. The summed E-state index contributed by atoms with van der Waals surface area (Å²) >= 11 is 1.58. The summed E-state index contributed by atoms with van der Waals surface area (Å²) in [4.78, 5) is 46.8. The van der Waals surface area contributed by atoms with Crippen LogP contribution in [0.1, 0.15) is 41.0 Å². The summed E-state index contributed by atoms with van der Waals surface area (Å²) in [6.07, 6.45) is 8.60. The smallest absolute Gasteiger partial charge is 0.247 e. The number of rotatable bonds is 3. The minimum atomic E-state index is -0.853. The lowest BCUT2D eigenvalue weighted by Crippen LogP contribution is -2.59. The van der Waals surface area contributed by atoms with Crippen molar-refractivity contribution in [3.8, 4) is 0 Å². The second-order valence-electron chi connectivity index (χ2n) is 10.6. The van der Waals surface area contributed by atoms with E-state index in [0.29, 0.717) is 19.5 Å². The Kier molecular flexibility index (Phi) is 5.56. The number of amides is 3. The zero-order valence-electron chi connectivity index (χ0n) is 19.9. The summed E-state index contributed by atoms with van der Waals surface area (Å²) in [5.41, 5.74) is -0.423. The standard InChI is InChI=1S/C24H35N3O4S/c1-7-15(14-28)27-18-21(31)26(22(2,3)4)13-9-11-24(18)17(20(27)30)16-19(29)25(6)12-8-10-23(16,5)32-24/h8-11,15-18,28H,7,12-14H2,1-6H3/t15-,16-,17-,18?,23+,24-/m0/s1. The molecule has 32 heavy (non-hydrogen) atoms. The van der Waals surface area contributed by atoms with Crippen LogP contribution in [0.3, 0.4) is 0 Å². The first kappa shape index (κ1) is 23.4. The molecule has 0 aromatic heterocycles. The molecule has 0 saturated carbocycles. The quantitative estimate of drug-likeness (QED) is 0.647. The molecule has 2 fully saturated rings. The third-order valence-corrected chi connectivity index (χ3v) is 9.38. The summed E-state index contributed by atoms with van der Waals surface area (Å²) in [5.74, 6) is -1.58. The third kappa shape index (κ3) is 3.09. The average molecular weight is 462 g/mol. The van der Waals surface area contributed by atoms with Gasteiger partial charge in [0.05, 0.1) is 29.2 Å². The van der Waals surface area contributed by atoms with Crippen molar-refractivity contribution in [3.05, 3.63) is 24.3 Å². The Morgan fingerprint density at radius 2 is 1.75 bits per heavy atom. The number of likely N-dealkylation sites (tertiary alicyclic amines) is 1. The highest BCUT2D eigenvalue weighted by Gasteiger charge is 2.74. The Labute approximate surface area is 194 Å². The summed E-state index contributed by atoms with van der Waals surface area (Å²) in [7, 11) is 1.76. The molecule has 4 aliphatic rings. The lowest BCUT2D eigenvalue weighted by atomic mass is 9.74. The molecule has 0 radical (unpaired) electrons. The number of hydrogen-bond donors (Lipinski definition) is 1. The molecule has 4 rings (SSSR count). The van der Waals surface area contributed by atoms with Crippen molar-refractivity contribution in [1.82, 2.24) is 14.7 Å². The van der Waals surface area contributed by atoms with Crippen molar-refractivity contribution in [2.24, 2.45) is 11.8 Å². The van der Waals surface area contributed by atoms with Crippen LogP contribution in [0.5, 0.6) is 0 Å². The average Bonchev–Trinajstić information content (AvgIpc) is 2.98. The number of aliphatic hydroxyl groups is 1. The number of likely N-dealkylation sites (N-methyl/N-ethyl adjacent to an activating group) is 1. The van der Waals surface area contributed by atoms with E-state index in [-0.39, 0.29) is 24.3 Å². The molecule has 0 aromatic carbocycles. The van der Waals surface area contributed by atoms with Crippen molar-refractivity contribution in [3.63, 3.8) is 0 Å². The van der Waals surface area contributed by atoms with E-state index in [0.717, 1.165) is 0 Å². The maximum Gasteiger partial charge on any atom is 0.247 e. The van der Waals surface area contributed by atoms with Gasteiger partial charge in [-0.05, 0) is 34.1 Å². The van der Waals surface area contributed by atoms with Gasteiger partial charge < -0.3 is 19.8 Å². The maximum absolute atomic E-state index is 14.1. The highest BCUT2D eigenvalue weighted by molar-refractivity contribution is 8.02.